The van der Waals surface area contributed by atoms with Gasteiger partial charge in [0.25, 0.3) is 0 Å². The van der Waals surface area contributed by atoms with Crippen molar-refractivity contribution in [3.8, 4) is 0 Å². The first-order valence-corrected chi connectivity index (χ1v) is 7.99. The van der Waals surface area contributed by atoms with Crippen molar-refractivity contribution in [1.82, 2.24) is 0 Å². The summed E-state index contributed by atoms with van der Waals surface area (Å²) < 4.78 is 37.8. The molecule has 6 heteroatoms. The van der Waals surface area contributed by atoms with Crippen LogP contribution in [-0.4, -0.2) is 9.79 Å². The van der Waals surface area contributed by atoms with Crippen LogP contribution in [0.2, 0.25) is 0 Å². The monoisotopic (exact) mass is 312 g/mol. The molecule has 3 nitrogen and oxygen atoms in total. The van der Waals surface area contributed by atoms with Gasteiger partial charge in [-0.15, -0.1) is 0 Å². The van der Waals surface area contributed by atoms with E-state index in [1.807, 2.05) is 30.3 Å². The summed E-state index contributed by atoms with van der Waals surface area (Å²) >= 11 is 0. The molecule has 2 aromatic rings. The zero-order valence-corrected chi connectivity index (χ0v) is 12.0. The van der Waals surface area contributed by atoms with Gasteiger partial charge >= 0.3 is 13.3 Å². The van der Waals surface area contributed by atoms with Crippen LogP contribution in [0, 0.1) is 0 Å². The van der Waals surface area contributed by atoms with E-state index in [1.54, 1.807) is 0 Å². The maximum Gasteiger partial charge on any atom is 0.399 e. The van der Waals surface area contributed by atoms with Crippen LogP contribution in [0.4, 0.5) is 8.78 Å². The smallest absolute Gasteiger partial charge is 0.320 e. The molecule has 0 bridgehead atoms. The molecule has 0 aliphatic rings. The normalized spacial score (nSPS) is 12.4. The Bertz CT molecular complexity index is 636. The Morgan fingerprint density at radius 3 is 1.81 bits per heavy atom. The summed E-state index contributed by atoms with van der Waals surface area (Å²) in [5.41, 5.74) is -2.84. The Morgan fingerprint density at radius 1 is 0.857 bits per heavy atom. The summed E-state index contributed by atoms with van der Waals surface area (Å²) in [7, 11) is -5.50. The van der Waals surface area contributed by atoms with Crippen LogP contribution in [0.15, 0.2) is 54.6 Å². The van der Waals surface area contributed by atoms with E-state index in [4.69, 9.17) is 9.79 Å². The summed E-state index contributed by atoms with van der Waals surface area (Å²) in [6.07, 6.45) is 1.45. The summed E-state index contributed by atoms with van der Waals surface area (Å²) in [6, 6.07) is 14.8. The third-order valence-corrected chi connectivity index (χ3v) is 4.20. The van der Waals surface area contributed by atoms with Crippen molar-refractivity contribution in [2.45, 2.75) is 18.5 Å². The third-order valence-electron chi connectivity index (χ3n) is 3.21. The molecule has 2 rings (SSSR count). The molecule has 2 N–H and O–H groups in total. The summed E-state index contributed by atoms with van der Waals surface area (Å²) in [5, 5.41) is 0. The Hall–Kier alpha value is -1.55. The highest BCUT2D eigenvalue weighted by molar-refractivity contribution is 7.52. The molecular weight excluding hydrogens is 297 g/mol. The number of aryl methyl sites for hydroxylation is 2. The molecule has 0 saturated heterocycles. The van der Waals surface area contributed by atoms with Crippen molar-refractivity contribution in [2.75, 3.05) is 0 Å². The highest BCUT2D eigenvalue weighted by Crippen LogP contribution is 2.59. The van der Waals surface area contributed by atoms with Gasteiger partial charge in [0.15, 0.2) is 0 Å². The Kier molecular flexibility index (Phi) is 4.57. The number of hydrogen-bond donors (Lipinski definition) is 2. The van der Waals surface area contributed by atoms with Gasteiger partial charge in [0.1, 0.15) is 0 Å². The molecule has 0 aliphatic heterocycles. The van der Waals surface area contributed by atoms with E-state index < -0.39 is 18.8 Å². The van der Waals surface area contributed by atoms with Crippen LogP contribution >= 0.6 is 7.60 Å². The molecule has 0 spiro atoms. The first-order valence-electron chi connectivity index (χ1n) is 6.37. The zero-order chi connectivity index (χ0) is 15.5. The van der Waals surface area contributed by atoms with E-state index in [2.05, 4.69) is 0 Å². The fraction of sp³-hybridized carbons (Fsp3) is 0.200. The second-order valence-corrected chi connectivity index (χ2v) is 6.42. The van der Waals surface area contributed by atoms with Gasteiger partial charge < -0.3 is 9.79 Å². The van der Waals surface area contributed by atoms with Crippen LogP contribution in [0.3, 0.4) is 0 Å². The predicted molar refractivity (Wildman–Crippen MR) is 76.2 cm³/mol. The lowest BCUT2D eigenvalue weighted by Gasteiger charge is -2.18. The minimum atomic E-state index is -5.50. The first kappa shape index (κ1) is 15.8. The number of rotatable bonds is 5. The molecule has 0 saturated carbocycles. The van der Waals surface area contributed by atoms with Crippen LogP contribution in [0.25, 0.3) is 0 Å². The molecule has 0 aliphatic carbocycles. The topological polar surface area (TPSA) is 57.5 Å². The minimum absolute atomic E-state index is 0.667. The van der Waals surface area contributed by atoms with Crippen LogP contribution < -0.4 is 0 Å². The van der Waals surface area contributed by atoms with Crippen molar-refractivity contribution in [3.63, 3.8) is 0 Å². The van der Waals surface area contributed by atoms with Crippen molar-refractivity contribution in [3.05, 3.63) is 71.3 Å². The highest BCUT2D eigenvalue weighted by Gasteiger charge is 2.50. The number of halogens is 2. The Balaban J connectivity index is 2.08. The minimum Gasteiger partial charge on any atom is -0.320 e. The van der Waals surface area contributed by atoms with E-state index in [9.17, 15) is 13.3 Å². The molecule has 2 aromatic carbocycles. The lowest BCUT2D eigenvalue weighted by molar-refractivity contribution is 0.0564. The van der Waals surface area contributed by atoms with E-state index in [0.29, 0.717) is 6.42 Å². The number of alkyl halides is 2. The molecule has 21 heavy (non-hydrogen) atoms. The van der Waals surface area contributed by atoms with E-state index in [0.717, 1.165) is 29.7 Å². The maximum atomic E-state index is 13.5. The fourth-order valence-corrected chi connectivity index (χ4v) is 2.46. The van der Waals surface area contributed by atoms with Crippen molar-refractivity contribution < 1.29 is 23.1 Å². The number of benzene rings is 2. The van der Waals surface area contributed by atoms with Gasteiger partial charge in [-0.1, -0.05) is 54.6 Å². The average molecular weight is 312 g/mol. The van der Waals surface area contributed by atoms with Gasteiger partial charge in [-0.25, -0.2) is 0 Å². The quantitative estimate of drug-likeness (QED) is 0.828. The van der Waals surface area contributed by atoms with Gasteiger partial charge in [-0.2, -0.15) is 8.78 Å². The summed E-state index contributed by atoms with van der Waals surface area (Å²) in [6.45, 7) is 0. The zero-order valence-electron chi connectivity index (χ0n) is 11.1. The molecule has 0 unspecified atom stereocenters. The van der Waals surface area contributed by atoms with Gasteiger partial charge in [0.05, 0.1) is 0 Å². The third kappa shape index (κ3) is 3.76. The Labute approximate surface area is 121 Å². The van der Waals surface area contributed by atoms with Gasteiger partial charge in [-0.05, 0) is 24.0 Å². The molecule has 0 radical (unpaired) electrons. The second-order valence-electron chi connectivity index (χ2n) is 4.77. The molecule has 0 atom stereocenters. The van der Waals surface area contributed by atoms with Gasteiger partial charge in [-0.3, -0.25) is 4.57 Å². The fourth-order valence-electron chi connectivity index (χ4n) is 1.97. The second kappa shape index (κ2) is 6.06. The largest absolute Gasteiger partial charge is 0.399 e. The molecule has 0 amide bonds. The van der Waals surface area contributed by atoms with Crippen LogP contribution in [0.1, 0.15) is 16.7 Å². The molecular formula is C15H15F2O3P. The molecule has 0 heterocycles. The SMILES string of the molecule is O=P(O)(O)C(F)(F)c1ccc(CCc2ccccc2)cc1. The molecule has 112 valence electrons. The van der Waals surface area contributed by atoms with E-state index >= 15 is 0 Å². The van der Waals surface area contributed by atoms with Crippen molar-refractivity contribution in [1.29, 1.82) is 0 Å². The predicted octanol–water partition coefficient (Wildman–Crippen LogP) is 3.70. The lowest BCUT2D eigenvalue weighted by Crippen LogP contribution is -2.13. The van der Waals surface area contributed by atoms with Gasteiger partial charge in [0, 0.05) is 5.56 Å². The standard InChI is InChI=1S/C15H15F2O3P/c16-15(17,21(18,19)20)14-10-8-13(9-11-14)7-6-12-4-2-1-3-5-12/h1-5,8-11H,6-7H2,(H2,18,19,20). The van der Waals surface area contributed by atoms with Crippen molar-refractivity contribution in [2.24, 2.45) is 0 Å². The van der Waals surface area contributed by atoms with Gasteiger partial charge in [0.2, 0.25) is 0 Å². The number of hydrogen-bond acceptors (Lipinski definition) is 1. The summed E-state index contributed by atoms with van der Waals surface area (Å²) in [5.74, 6) is 0. The Morgan fingerprint density at radius 2 is 1.33 bits per heavy atom. The summed E-state index contributed by atoms with van der Waals surface area (Å²) in [4.78, 5) is 17.4. The van der Waals surface area contributed by atoms with Crippen LogP contribution in [-0.2, 0) is 23.1 Å². The van der Waals surface area contributed by atoms with Crippen LogP contribution in [0.5, 0.6) is 0 Å². The lowest BCUT2D eigenvalue weighted by atomic mass is 10.0. The molecule has 0 aromatic heterocycles. The molecule has 0 fully saturated rings. The van der Waals surface area contributed by atoms with Crippen molar-refractivity contribution >= 4 is 7.60 Å². The first-order chi connectivity index (χ1) is 9.80. The van der Waals surface area contributed by atoms with E-state index in [-0.39, 0.29) is 0 Å². The van der Waals surface area contributed by atoms with E-state index in [1.165, 1.54) is 12.1 Å². The highest BCUT2D eigenvalue weighted by atomic mass is 31.2. The maximum absolute atomic E-state index is 13.5. The average Bonchev–Trinajstić information content (AvgIpc) is 2.45.